The first kappa shape index (κ1) is 11.3. The highest BCUT2D eigenvalue weighted by molar-refractivity contribution is 7.13. The van der Waals surface area contributed by atoms with E-state index >= 15 is 0 Å². The molecule has 2 rings (SSSR count). The number of nitrogens with two attached hydrogens (primary N) is 1. The van der Waals surface area contributed by atoms with Gasteiger partial charge < -0.3 is 5.73 Å². The normalized spacial score (nSPS) is 11.8. The Morgan fingerprint density at radius 3 is 2.56 bits per heavy atom. The van der Waals surface area contributed by atoms with Crippen LogP contribution < -0.4 is 5.73 Å². The highest BCUT2D eigenvalue weighted by atomic mass is 32.1. The summed E-state index contributed by atoms with van der Waals surface area (Å²) in [6.07, 6.45) is 0. The molecule has 84 valence electrons. The van der Waals surface area contributed by atoms with Crippen LogP contribution >= 0.6 is 11.3 Å². The quantitative estimate of drug-likeness (QED) is 0.843. The summed E-state index contributed by atoms with van der Waals surface area (Å²) in [5.74, 6) is -0.209. The van der Waals surface area contributed by atoms with Crippen LogP contribution in [0.2, 0.25) is 0 Å². The zero-order chi connectivity index (χ0) is 11.8. The Morgan fingerprint density at radius 2 is 2.00 bits per heavy atom. The summed E-state index contributed by atoms with van der Waals surface area (Å²) in [5.41, 5.74) is 7.65. The van der Waals surface area contributed by atoms with Crippen LogP contribution in [0.4, 0.5) is 4.39 Å². The fraction of sp³-hybridized carbons (Fsp3) is 0.231. The molecule has 0 aliphatic heterocycles. The smallest absolute Gasteiger partial charge is 0.123 e. The highest BCUT2D eigenvalue weighted by Crippen LogP contribution is 2.31. The third-order valence-corrected chi connectivity index (χ3v) is 3.43. The van der Waals surface area contributed by atoms with Gasteiger partial charge in [-0.25, -0.2) is 4.39 Å². The number of benzene rings is 1. The molecule has 0 aliphatic rings. The van der Waals surface area contributed by atoms with Crippen LogP contribution in [0.3, 0.4) is 0 Å². The molecule has 0 fully saturated rings. The van der Waals surface area contributed by atoms with E-state index < -0.39 is 0 Å². The first-order chi connectivity index (χ1) is 7.47. The van der Waals surface area contributed by atoms with E-state index in [0.29, 0.717) is 0 Å². The van der Waals surface area contributed by atoms with Gasteiger partial charge in [-0.2, -0.15) is 0 Å². The molecule has 16 heavy (non-hydrogen) atoms. The summed E-state index contributed by atoms with van der Waals surface area (Å²) in [7, 11) is 0. The predicted octanol–water partition coefficient (Wildman–Crippen LogP) is 3.75. The lowest BCUT2D eigenvalue weighted by Gasteiger charge is -2.16. The molecule has 0 spiro atoms. The van der Waals surface area contributed by atoms with Gasteiger partial charge in [0.05, 0.1) is 0 Å². The van der Waals surface area contributed by atoms with E-state index in [9.17, 15) is 4.39 Å². The zero-order valence-electron chi connectivity index (χ0n) is 9.33. The Labute approximate surface area is 98.7 Å². The Bertz CT molecular complexity index is 497. The van der Waals surface area contributed by atoms with Gasteiger partial charge in [-0.3, -0.25) is 0 Å². The summed E-state index contributed by atoms with van der Waals surface area (Å²) in [6.45, 7) is 3.93. The molecule has 1 heterocycles. The second-order valence-corrected chi connectivity index (χ2v) is 5.34. The molecule has 0 amide bonds. The van der Waals surface area contributed by atoms with Crippen LogP contribution in [0.25, 0.3) is 10.4 Å². The van der Waals surface area contributed by atoms with E-state index in [2.05, 4.69) is 0 Å². The van der Waals surface area contributed by atoms with Gasteiger partial charge >= 0.3 is 0 Å². The Hall–Kier alpha value is -1.19. The van der Waals surface area contributed by atoms with Crippen LogP contribution in [0, 0.1) is 5.82 Å². The van der Waals surface area contributed by atoms with Crippen LogP contribution in [0.5, 0.6) is 0 Å². The molecule has 1 aromatic carbocycles. The van der Waals surface area contributed by atoms with Crippen molar-refractivity contribution in [1.29, 1.82) is 0 Å². The summed E-state index contributed by atoms with van der Waals surface area (Å²) < 4.78 is 13.1. The zero-order valence-corrected chi connectivity index (χ0v) is 10.1. The standard InChI is InChI=1S/C13H14FNS/c1-13(2,15)10-7-12(16-8-10)9-4-3-5-11(14)6-9/h3-8H,15H2,1-2H3. The monoisotopic (exact) mass is 235 g/mol. The third-order valence-electron chi connectivity index (χ3n) is 2.45. The number of hydrogen-bond donors (Lipinski definition) is 1. The molecule has 0 unspecified atom stereocenters. The maximum atomic E-state index is 13.1. The molecule has 1 nitrogen and oxygen atoms in total. The minimum atomic E-state index is -0.345. The largest absolute Gasteiger partial charge is 0.322 e. The van der Waals surface area contributed by atoms with Crippen LogP contribution in [0.15, 0.2) is 35.7 Å². The van der Waals surface area contributed by atoms with Gasteiger partial charge in [-0.05, 0) is 48.6 Å². The van der Waals surface area contributed by atoms with Gasteiger partial charge in [0.2, 0.25) is 0 Å². The molecule has 0 bridgehead atoms. The summed E-state index contributed by atoms with van der Waals surface area (Å²) in [6, 6.07) is 8.64. The van der Waals surface area contributed by atoms with Crippen molar-refractivity contribution in [2.45, 2.75) is 19.4 Å². The maximum Gasteiger partial charge on any atom is 0.123 e. The van der Waals surface area contributed by atoms with Crippen LogP contribution in [-0.2, 0) is 5.54 Å². The Morgan fingerprint density at radius 1 is 1.25 bits per heavy atom. The van der Waals surface area contributed by atoms with Crippen molar-refractivity contribution in [3.05, 3.63) is 47.1 Å². The van der Waals surface area contributed by atoms with E-state index in [-0.39, 0.29) is 11.4 Å². The molecular weight excluding hydrogens is 221 g/mol. The lowest BCUT2D eigenvalue weighted by Crippen LogP contribution is -2.27. The van der Waals surface area contributed by atoms with Gasteiger partial charge in [0.25, 0.3) is 0 Å². The average molecular weight is 235 g/mol. The third kappa shape index (κ3) is 2.31. The average Bonchev–Trinajstić information content (AvgIpc) is 2.65. The van der Waals surface area contributed by atoms with E-state index in [1.54, 1.807) is 23.5 Å². The molecular formula is C13H14FNS. The van der Waals surface area contributed by atoms with Gasteiger partial charge in [-0.1, -0.05) is 12.1 Å². The molecule has 0 saturated heterocycles. The van der Waals surface area contributed by atoms with Crippen LogP contribution in [0.1, 0.15) is 19.4 Å². The summed E-state index contributed by atoms with van der Waals surface area (Å²) >= 11 is 1.59. The van der Waals surface area contributed by atoms with E-state index in [4.69, 9.17) is 5.73 Å². The first-order valence-corrected chi connectivity index (χ1v) is 5.98. The van der Waals surface area contributed by atoms with Crippen molar-refractivity contribution in [2.75, 3.05) is 0 Å². The molecule has 0 aliphatic carbocycles. The maximum absolute atomic E-state index is 13.1. The van der Waals surface area contributed by atoms with Gasteiger partial charge in [0.1, 0.15) is 5.82 Å². The number of halogens is 1. The summed E-state index contributed by atoms with van der Waals surface area (Å²) in [4.78, 5) is 1.05. The van der Waals surface area contributed by atoms with Crippen molar-refractivity contribution < 1.29 is 4.39 Å². The Kier molecular flexibility index (Phi) is 2.82. The topological polar surface area (TPSA) is 26.0 Å². The lowest BCUT2D eigenvalue weighted by molar-refractivity contribution is 0.557. The molecule has 2 aromatic rings. The van der Waals surface area contributed by atoms with Gasteiger partial charge in [0.15, 0.2) is 0 Å². The van der Waals surface area contributed by atoms with Crippen molar-refractivity contribution >= 4 is 11.3 Å². The fourth-order valence-electron chi connectivity index (χ4n) is 1.47. The lowest BCUT2D eigenvalue weighted by atomic mass is 9.98. The van der Waals surface area contributed by atoms with E-state index in [1.807, 2.05) is 31.4 Å². The number of rotatable bonds is 2. The number of hydrogen-bond acceptors (Lipinski definition) is 2. The predicted molar refractivity (Wildman–Crippen MR) is 66.9 cm³/mol. The minimum absolute atomic E-state index is 0.209. The first-order valence-electron chi connectivity index (χ1n) is 5.10. The second-order valence-electron chi connectivity index (χ2n) is 4.43. The fourth-order valence-corrected chi connectivity index (χ4v) is 2.55. The molecule has 0 saturated carbocycles. The molecule has 0 atom stereocenters. The molecule has 1 aromatic heterocycles. The highest BCUT2D eigenvalue weighted by Gasteiger charge is 2.16. The minimum Gasteiger partial charge on any atom is -0.322 e. The van der Waals surface area contributed by atoms with Gasteiger partial charge in [0, 0.05) is 10.4 Å². The van der Waals surface area contributed by atoms with Crippen molar-refractivity contribution in [3.63, 3.8) is 0 Å². The second kappa shape index (κ2) is 4.00. The van der Waals surface area contributed by atoms with Crippen molar-refractivity contribution in [1.82, 2.24) is 0 Å². The van der Waals surface area contributed by atoms with Crippen molar-refractivity contribution in [2.24, 2.45) is 5.73 Å². The molecule has 0 radical (unpaired) electrons. The van der Waals surface area contributed by atoms with E-state index in [0.717, 1.165) is 16.0 Å². The van der Waals surface area contributed by atoms with E-state index in [1.165, 1.54) is 6.07 Å². The molecule has 2 N–H and O–H groups in total. The Balaban J connectivity index is 2.39. The SMILES string of the molecule is CC(C)(N)c1csc(-c2cccc(F)c2)c1. The summed E-state index contributed by atoms with van der Waals surface area (Å²) in [5, 5.41) is 2.03. The van der Waals surface area contributed by atoms with Crippen LogP contribution in [-0.4, -0.2) is 0 Å². The van der Waals surface area contributed by atoms with Crippen molar-refractivity contribution in [3.8, 4) is 10.4 Å². The van der Waals surface area contributed by atoms with Gasteiger partial charge in [-0.15, -0.1) is 11.3 Å². The molecule has 3 heteroatoms. The number of thiophene rings is 1.